The molecule has 0 saturated heterocycles. The molecule has 20 heavy (non-hydrogen) atoms. The molecule has 1 unspecified atom stereocenters. The zero-order valence-electron chi connectivity index (χ0n) is 11.6. The molecule has 2 aromatic carbocycles. The highest BCUT2D eigenvalue weighted by Crippen LogP contribution is 2.25. The Labute approximate surface area is 118 Å². The second kappa shape index (κ2) is 6.91. The van der Waals surface area contributed by atoms with Crippen LogP contribution in [0.4, 0.5) is 10.1 Å². The van der Waals surface area contributed by atoms with Crippen LogP contribution in [-0.4, -0.2) is 20.8 Å². The first-order valence-corrected chi connectivity index (χ1v) is 6.38. The predicted octanol–water partition coefficient (Wildman–Crippen LogP) is 3.63. The highest BCUT2D eigenvalue weighted by molar-refractivity contribution is 5.50. The molecule has 1 atom stereocenters. The summed E-state index contributed by atoms with van der Waals surface area (Å²) in [6.07, 6.45) is 0. The van der Waals surface area contributed by atoms with Gasteiger partial charge in [-0.1, -0.05) is 30.3 Å². The lowest BCUT2D eigenvalue weighted by Gasteiger charge is -2.20. The largest absolute Gasteiger partial charge is 0.494 e. The standard InChI is InChI=1S/C16H18FNO2/c1-19-11-15(12-6-4-3-5-7-12)18-13-8-9-14(17)16(10-13)20-2/h3-10,15,18H,11H2,1-2H3. The van der Waals surface area contributed by atoms with Crippen molar-refractivity contribution in [3.63, 3.8) is 0 Å². The number of rotatable bonds is 6. The zero-order chi connectivity index (χ0) is 14.4. The second-order valence-corrected chi connectivity index (χ2v) is 4.41. The summed E-state index contributed by atoms with van der Waals surface area (Å²) in [5.41, 5.74) is 1.90. The molecule has 4 heteroatoms. The molecule has 0 aliphatic carbocycles. The van der Waals surface area contributed by atoms with Gasteiger partial charge in [-0.25, -0.2) is 4.39 Å². The number of halogens is 1. The monoisotopic (exact) mass is 275 g/mol. The van der Waals surface area contributed by atoms with Gasteiger partial charge >= 0.3 is 0 Å². The summed E-state index contributed by atoms with van der Waals surface area (Å²) in [5, 5.41) is 3.33. The first-order valence-electron chi connectivity index (χ1n) is 6.38. The predicted molar refractivity (Wildman–Crippen MR) is 77.6 cm³/mol. The van der Waals surface area contributed by atoms with E-state index in [4.69, 9.17) is 9.47 Å². The van der Waals surface area contributed by atoms with Crippen molar-refractivity contribution in [1.29, 1.82) is 0 Å². The van der Waals surface area contributed by atoms with Gasteiger partial charge in [0.1, 0.15) is 0 Å². The van der Waals surface area contributed by atoms with Gasteiger partial charge in [0.05, 0.1) is 19.8 Å². The van der Waals surface area contributed by atoms with Gasteiger partial charge in [-0.15, -0.1) is 0 Å². The highest BCUT2D eigenvalue weighted by Gasteiger charge is 2.12. The summed E-state index contributed by atoms with van der Waals surface area (Å²) in [6.45, 7) is 0.518. The minimum Gasteiger partial charge on any atom is -0.494 e. The number of ether oxygens (including phenoxy) is 2. The Kier molecular flexibility index (Phi) is 4.96. The number of anilines is 1. The van der Waals surface area contributed by atoms with E-state index in [1.165, 1.54) is 13.2 Å². The maximum atomic E-state index is 13.4. The quantitative estimate of drug-likeness (QED) is 0.873. The van der Waals surface area contributed by atoms with Gasteiger partial charge in [-0.3, -0.25) is 0 Å². The van der Waals surface area contributed by atoms with E-state index in [2.05, 4.69) is 5.32 Å². The number of hydrogen-bond acceptors (Lipinski definition) is 3. The van der Waals surface area contributed by atoms with Crippen molar-refractivity contribution in [3.8, 4) is 5.75 Å². The van der Waals surface area contributed by atoms with E-state index < -0.39 is 0 Å². The molecule has 0 heterocycles. The normalized spacial score (nSPS) is 11.9. The van der Waals surface area contributed by atoms with Crippen molar-refractivity contribution in [3.05, 3.63) is 59.9 Å². The number of hydrogen-bond donors (Lipinski definition) is 1. The lowest BCUT2D eigenvalue weighted by Crippen LogP contribution is -2.16. The number of benzene rings is 2. The van der Waals surface area contributed by atoms with E-state index >= 15 is 0 Å². The average Bonchev–Trinajstić information content (AvgIpc) is 2.49. The topological polar surface area (TPSA) is 30.5 Å². The van der Waals surface area contributed by atoms with Crippen molar-refractivity contribution in [2.75, 3.05) is 26.1 Å². The van der Waals surface area contributed by atoms with Crippen LogP contribution >= 0.6 is 0 Å². The average molecular weight is 275 g/mol. The van der Waals surface area contributed by atoms with Gasteiger partial charge in [-0.05, 0) is 17.7 Å². The van der Waals surface area contributed by atoms with Crippen molar-refractivity contribution in [2.45, 2.75) is 6.04 Å². The Hall–Kier alpha value is -2.07. The van der Waals surface area contributed by atoms with Gasteiger partial charge in [0, 0.05) is 18.9 Å². The molecule has 0 amide bonds. The first kappa shape index (κ1) is 14.3. The van der Waals surface area contributed by atoms with Crippen molar-refractivity contribution < 1.29 is 13.9 Å². The summed E-state index contributed by atoms with van der Waals surface area (Å²) in [4.78, 5) is 0. The van der Waals surface area contributed by atoms with Crippen molar-refractivity contribution in [1.82, 2.24) is 0 Å². The van der Waals surface area contributed by atoms with Gasteiger partial charge in [0.15, 0.2) is 11.6 Å². The third-order valence-electron chi connectivity index (χ3n) is 3.03. The van der Waals surface area contributed by atoms with Crippen LogP contribution in [0, 0.1) is 5.82 Å². The molecule has 3 nitrogen and oxygen atoms in total. The third-order valence-corrected chi connectivity index (χ3v) is 3.03. The molecular weight excluding hydrogens is 257 g/mol. The van der Waals surface area contributed by atoms with Crippen LogP contribution in [0.25, 0.3) is 0 Å². The molecule has 0 radical (unpaired) electrons. The molecule has 106 valence electrons. The molecule has 0 saturated carbocycles. The zero-order valence-corrected chi connectivity index (χ0v) is 11.6. The van der Waals surface area contributed by atoms with Gasteiger partial charge < -0.3 is 14.8 Å². The Balaban J connectivity index is 2.20. The fraction of sp³-hybridized carbons (Fsp3) is 0.250. The molecule has 0 fully saturated rings. The summed E-state index contributed by atoms with van der Waals surface area (Å²) in [7, 11) is 3.11. The third kappa shape index (κ3) is 3.48. The van der Waals surface area contributed by atoms with Crippen LogP contribution in [0.5, 0.6) is 5.75 Å². The molecule has 0 aliphatic rings. The second-order valence-electron chi connectivity index (χ2n) is 4.41. The summed E-state index contributed by atoms with van der Waals surface area (Å²) < 4.78 is 23.6. The lowest BCUT2D eigenvalue weighted by molar-refractivity contribution is 0.186. The summed E-state index contributed by atoms with van der Waals surface area (Å²) in [5.74, 6) is -0.153. The Bertz CT molecular complexity index is 545. The van der Waals surface area contributed by atoms with Crippen LogP contribution in [0.3, 0.4) is 0 Å². The molecule has 2 rings (SSSR count). The van der Waals surface area contributed by atoms with Crippen LogP contribution in [-0.2, 0) is 4.74 Å². The van der Waals surface area contributed by atoms with E-state index in [0.29, 0.717) is 6.61 Å². The van der Waals surface area contributed by atoms with E-state index in [9.17, 15) is 4.39 Å². The van der Waals surface area contributed by atoms with Crippen molar-refractivity contribution in [2.24, 2.45) is 0 Å². The fourth-order valence-electron chi connectivity index (χ4n) is 2.02. The maximum Gasteiger partial charge on any atom is 0.165 e. The van der Waals surface area contributed by atoms with Gasteiger partial charge in [-0.2, -0.15) is 0 Å². The van der Waals surface area contributed by atoms with Crippen LogP contribution < -0.4 is 10.1 Å². The summed E-state index contributed by atoms with van der Waals surface area (Å²) >= 11 is 0. The van der Waals surface area contributed by atoms with E-state index in [-0.39, 0.29) is 17.6 Å². The molecular formula is C16H18FNO2. The summed E-state index contributed by atoms with van der Waals surface area (Å²) in [6, 6.07) is 14.7. The Morgan fingerprint density at radius 2 is 1.85 bits per heavy atom. The molecule has 0 bridgehead atoms. The van der Waals surface area contributed by atoms with Crippen LogP contribution in [0.1, 0.15) is 11.6 Å². The van der Waals surface area contributed by atoms with Gasteiger partial charge in [0.25, 0.3) is 0 Å². The number of nitrogens with one attached hydrogen (secondary N) is 1. The first-order chi connectivity index (χ1) is 9.74. The molecule has 0 spiro atoms. The van der Waals surface area contributed by atoms with Crippen molar-refractivity contribution >= 4 is 5.69 Å². The van der Waals surface area contributed by atoms with Crippen LogP contribution in [0.2, 0.25) is 0 Å². The van der Waals surface area contributed by atoms with Gasteiger partial charge in [0.2, 0.25) is 0 Å². The SMILES string of the molecule is COCC(Nc1ccc(F)c(OC)c1)c1ccccc1. The molecule has 0 aromatic heterocycles. The number of methoxy groups -OCH3 is 2. The van der Waals surface area contributed by atoms with E-state index in [1.54, 1.807) is 19.2 Å². The minimum atomic E-state index is -0.374. The van der Waals surface area contributed by atoms with E-state index in [0.717, 1.165) is 11.3 Å². The van der Waals surface area contributed by atoms with E-state index in [1.807, 2.05) is 30.3 Å². The minimum absolute atomic E-state index is 0.00336. The lowest BCUT2D eigenvalue weighted by atomic mass is 10.1. The molecule has 1 N–H and O–H groups in total. The fourth-order valence-corrected chi connectivity index (χ4v) is 2.02. The molecule has 2 aromatic rings. The van der Waals surface area contributed by atoms with Crippen LogP contribution in [0.15, 0.2) is 48.5 Å². The Morgan fingerprint density at radius 1 is 1.10 bits per heavy atom. The maximum absolute atomic E-state index is 13.4. The smallest absolute Gasteiger partial charge is 0.165 e. The Morgan fingerprint density at radius 3 is 2.50 bits per heavy atom. The molecule has 0 aliphatic heterocycles. The highest BCUT2D eigenvalue weighted by atomic mass is 19.1.